The summed E-state index contributed by atoms with van der Waals surface area (Å²) in [5.74, 6) is 0.759. The van der Waals surface area contributed by atoms with Crippen LogP contribution in [0.1, 0.15) is 12.8 Å². The average Bonchev–Trinajstić information content (AvgIpc) is 2.67. The first-order valence-electron chi connectivity index (χ1n) is 8.69. The Morgan fingerprint density at radius 1 is 1.15 bits per heavy atom. The van der Waals surface area contributed by atoms with Crippen molar-refractivity contribution in [1.29, 1.82) is 0 Å². The van der Waals surface area contributed by atoms with E-state index in [1.807, 2.05) is 0 Å². The fourth-order valence-electron chi connectivity index (χ4n) is 2.98. The van der Waals surface area contributed by atoms with E-state index in [0.717, 1.165) is 12.8 Å². The monoisotopic (exact) mass is 359 g/mol. The summed E-state index contributed by atoms with van der Waals surface area (Å²) in [5, 5.41) is 9.68. The van der Waals surface area contributed by atoms with E-state index in [-0.39, 0.29) is 30.0 Å². The minimum Gasteiger partial charge on any atom is -0.504 e. The van der Waals surface area contributed by atoms with Crippen molar-refractivity contribution in [2.75, 3.05) is 26.3 Å². The standard InChI is InChI=1S/C20H22FNO4/c21-16-7-9-17(10-8-16)25-13-15-4-3-11-22(12-15)20(24)14-26-19-6-2-1-5-18(19)23/h1-2,5-10,15,23H,3-4,11-14H2. The van der Waals surface area contributed by atoms with Crippen molar-refractivity contribution in [1.82, 2.24) is 4.90 Å². The highest BCUT2D eigenvalue weighted by Gasteiger charge is 2.24. The summed E-state index contributed by atoms with van der Waals surface area (Å²) in [4.78, 5) is 14.1. The van der Waals surface area contributed by atoms with Gasteiger partial charge in [-0.15, -0.1) is 0 Å². The lowest BCUT2D eigenvalue weighted by molar-refractivity contribution is -0.135. The zero-order valence-corrected chi connectivity index (χ0v) is 14.4. The number of likely N-dealkylation sites (tertiary alicyclic amines) is 1. The maximum Gasteiger partial charge on any atom is 0.260 e. The normalized spacial score (nSPS) is 17.0. The second kappa shape index (κ2) is 8.56. The van der Waals surface area contributed by atoms with Gasteiger partial charge in [-0.3, -0.25) is 4.79 Å². The lowest BCUT2D eigenvalue weighted by Crippen LogP contribution is -2.43. The van der Waals surface area contributed by atoms with Crippen LogP contribution in [0, 0.1) is 11.7 Å². The third-order valence-electron chi connectivity index (χ3n) is 4.39. The number of piperidine rings is 1. The van der Waals surface area contributed by atoms with E-state index in [1.165, 1.54) is 18.2 Å². The van der Waals surface area contributed by atoms with E-state index in [1.54, 1.807) is 35.2 Å². The number of hydrogen-bond donors (Lipinski definition) is 1. The summed E-state index contributed by atoms with van der Waals surface area (Å²) >= 11 is 0. The minimum absolute atomic E-state index is 0.0181. The number of para-hydroxylation sites is 2. The molecule has 1 amide bonds. The molecule has 0 aliphatic carbocycles. The van der Waals surface area contributed by atoms with Gasteiger partial charge in [0.2, 0.25) is 0 Å². The predicted molar refractivity (Wildman–Crippen MR) is 94.8 cm³/mol. The molecule has 1 atom stereocenters. The molecule has 138 valence electrons. The number of carbonyl (C=O) groups is 1. The van der Waals surface area contributed by atoms with Crippen LogP contribution in [0.15, 0.2) is 48.5 Å². The van der Waals surface area contributed by atoms with Crippen molar-refractivity contribution < 1.29 is 23.8 Å². The lowest BCUT2D eigenvalue weighted by atomic mass is 9.99. The summed E-state index contributed by atoms with van der Waals surface area (Å²) in [5.41, 5.74) is 0. The summed E-state index contributed by atoms with van der Waals surface area (Å²) in [7, 11) is 0. The number of aromatic hydroxyl groups is 1. The van der Waals surface area contributed by atoms with Crippen LogP contribution in [0.2, 0.25) is 0 Å². The van der Waals surface area contributed by atoms with Gasteiger partial charge in [0.1, 0.15) is 11.6 Å². The number of phenols is 1. The quantitative estimate of drug-likeness (QED) is 0.860. The molecule has 1 heterocycles. The summed E-state index contributed by atoms with van der Waals surface area (Å²) in [6.45, 7) is 1.67. The van der Waals surface area contributed by atoms with Gasteiger partial charge in [-0.1, -0.05) is 12.1 Å². The second-order valence-corrected chi connectivity index (χ2v) is 6.37. The Morgan fingerprint density at radius 2 is 1.92 bits per heavy atom. The Hall–Kier alpha value is -2.76. The maximum atomic E-state index is 12.9. The molecule has 0 spiro atoms. The molecule has 5 nitrogen and oxygen atoms in total. The van der Waals surface area contributed by atoms with Gasteiger partial charge in [-0.25, -0.2) is 4.39 Å². The van der Waals surface area contributed by atoms with Gasteiger partial charge in [0, 0.05) is 19.0 Å². The van der Waals surface area contributed by atoms with E-state index in [0.29, 0.717) is 31.2 Å². The number of amides is 1. The van der Waals surface area contributed by atoms with Crippen LogP contribution >= 0.6 is 0 Å². The first-order valence-corrected chi connectivity index (χ1v) is 8.69. The number of halogens is 1. The SMILES string of the molecule is O=C(COc1ccccc1O)N1CCCC(COc2ccc(F)cc2)C1. The van der Waals surface area contributed by atoms with E-state index in [2.05, 4.69) is 0 Å². The van der Waals surface area contributed by atoms with Crippen LogP contribution in [0.4, 0.5) is 4.39 Å². The predicted octanol–water partition coefficient (Wildman–Crippen LogP) is 3.23. The van der Waals surface area contributed by atoms with Gasteiger partial charge < -0.3 is 19.5 Å². The number of hydrogen-bond acceptors (Lipinski definition) is 4. The van der Waals surface area contributed by atoms with Crippen molar-refractivity contribution in [3.63, 3.8) is 0 Å². The number of benzene rings is 2. The molecule has 3 rings (SSSR count). The second-order valence-electron chi connectivity index (χ2n) is 6.37. The molecule has 2 aromatic rings. The van der Waals surface area contributed by atoms with Crippen molar-refractivity contribution in [3.8, 4) is 17.2 Å². The molecule has 1 fully saturated rings. The van der Waals surface area contributed by atoms with Crippen molar-refractivity contribution in [2.45, 2.75) is 12.8 Å². The van der Waals surface area contributed by atoms with Crippen molar-refractivity contribution >= 4 is 5.91 Å². The molecule has 1 aliphatic rings. The molecular weight excluding hydrogens is 337 g/mol. The molecule has 6 heteroatoms. The number of rotatable bonds is 6. The zero-order chi connectivity index (χ0) is 18.4. The van der Waals surface area contributed by atoms with Gasteiger partial charge in [0.05, 0.1) is 6.61 Å². The molecule has 26 heavy (non-hydrogen) atoms. The van der Waals surface area contributed by atoms with Crippen molar-refractivity contribution in [2.24, 2.45) is 5.92 Å². The smallest absolute Gasteiger partial charge is 0.260 e. The highest BCUT2D eigenvalue weighted by molar-refractivity contribution is 5.78. The van der Waals surface area contributed by atoms with Crippen LogP contribution < -0.4 is 9.47 Å². The molecule has 0 radical (unpaired) electrons. The molecule has 0 bridgehead atoms. The first-order chi connectivity index (χ1) is 12.6. The van der Waals surface area contributed by atoms with E-state index in [4.69, 9.17) is 9.47 Å². The van der Waals surface area contributed by atoms with Crippen LogP contribution in [-0.4, -0.2) is 42.2 Å². The molecule has 1 unspecified atom stereocenters. The first kappa shape index (κ1) is 18.0. The van der Waals surface area contributed by atoms with Gasteiger partial charge in [-0.2, -0.15) is 0 Å². The molecule has 1 aliphatic heterocycles. The Morgan fingerprint density at radius 3 is 2.69 bits per heavy atom. The Balaban J connectivity index is 1.47. The molecular formula is C20H22FNO4. The van der Waals surface area contributed by atoms with Gasteiger partial charge >= 0.3 is 0 Å². The fraction of sp³-hybridized carbons (Fsp3) is 0.350. The number of ether oxygens (including phenoxy) is 2. The van der Waals surface area contributed by atoms with Crippen molar-refractivity contribution in [3.05, 3.63) is 54.3 Å². The summed E-state index contributed by atoms with van der Waals surface area (Å²) in [6.07, 6.45) is 1.88. The Kier molecular flexibility index (Phi) is 5.94. The minimum atomic E-state index is -0.295. The Labute approximate surface area is 152 Å². The Bertz CT molecular complexity index is 735. The van der Waals surface area contributed by atoms with E-state index < -0.39 is 0 Å². The number of nitrogens with zero attached hydrogens (tertiary/aromatic N) is 1. The third kappa shape index (κ3) is 4.88. The molecule has 2 aromatic carbocycles. The van der Waals surface area contributed by atoms with Crippen LogP contribution in [0.5, 0.6) is 17.2 Å². The molecule has 1 saturated heterocycles. The van der Waals surface area contributed by atoms with Gasteiger partial charge in [0.25, 0.3) is 5.91 Å². The fourth-order valence-corrected chi connectivity index (χ4v) is 2.98. The number of phenolic OH excluding ortho intramolecular Hbond substituents is 1. The highest BCUT2D eigenvalue weighted by Crippen LogP contribution is 2.25. The van der Waals surface area contributed by atoms with Crippen LogP contribution in [0.25, 0.3) is 0 Å². The topological polar surface area (TPSA) is 59.0 Å². The summed E-state index contributed by atoms with van der Waals surface area (Å²) in [6, 6.07) is 12.5. The number of carbonyl (C=O) groups excluding carboxylic acids is 1. The molecule has 1 N–H and O–H groups in total. The van der Waals surface area contributed by atoms with E-state index in [9.17, 15) is 14.3 Å². The zero-order valence-electron chi connectivity index (χ0n) is 14.4. The van der Waals surface area contributed by atoms with Gasteiger partial charge in [-0.05, 0) is 49.2 Å². The maximum absolute atomic E-state index is 12.9. The summed E-state index contributed by atoms with van der Waals surface area (Å²) < 4.78 is 24.0. The van der Waals surface area contributed by atoms with Crippen LogP contribution in [-0.2, 0) is 4.79 Å². The van der Waals surface area contributed by atoms with Gasteiger partial charge in [0.15, 0.2) is 18.1 Å². The van der Waals surface area contributed by atoms with Crippen LogP contribution in [0.3, 0.4) is 0 Å². The largest absolute Gasteiger partial charge is 0.504 e. The average molecular weight is 359 g/mol. The highest BCUT2D eigenvalue weighted by atomic mass is 19.1. The molecule has 0 saturated carbocycles. The van der Waals surface area contributed by atoms with E-state index >= 15 is 0 Å². The lowest BCUT2D eigenvalue weighted by Gasteiger charge is -2.32. The third-order valence-corrected chi connectivity index (χ3v) is 4.39. The molecule has 0 aromatic heterocycles.